The first-order valence-electron chi connectivity index (χ1n) is 6.39. The van der Waals surface area contributed by atoms with Gasteiger partial charge in [-0.2, -0.15) is 0 Å². The number of nitro groups is 1. The maximum Gasteiger partial charge on any atom is 0.269 e. The number of rotatable bonds is 5. The molecular formula is C15H14F2N2O2. The quantitative estimate of drug-likeness (QED) is 0.675. The zero-order valence-corrected chi connectivity index (χ0v) is 11.3. The highest BCUT2D eigenvalue weighted by molar-refractivity contribution is 5.33. The normalized spacial score (nSPS) is 12.1. The molecule has 0 radical (unpaired) electrons. The van der Waals surface area contributed by atoms with Gasteiger partial charge in [-0.15, -0.1) is 0 Å². The molecule has 0 aromatic heterocycles. The Bertz CT molecular complexity index is 645. The minimum atomic E-state index is -0.878. The van der Waals surface area contributed by atoms with Crippen molar-refractivity contribution in [2.24, 2.45) is 0 Å². The second-order valence-electron chi connectivity index (χ2n) is 4.70. The van der Waals surface area contributed by atoms with E-state index >= 15 is 0 Å². The standard InChI is InChI=1S/C15H14F2N2O2/c1-10(12-4-7-14(16)15(17)8-12)18-9-11-2-5-13(6-3-11)19(20)21/h2-8,10,18H,9H2,1H3. The average molecular weight is 292 g/mol. The first-order valence-corrected chi connectivity index (χ1v) is 6.39. The van der Waals surface area contributed by atoms with Crippen molar-refractivity contribution in [3.05, 3.63) is 75.3 Å². The van der Waals surface area contributed by atoms with Crippen LogP contribution >= 0.6 is 0 Å². The van der Waals surface area contributed by atoms with Crippen molar-refractivity contribution in [3.63, 3.8) is 0 Å². The van der Waals surface area contributed by atoms with Crippen LogP contribution in [0, 0.1) is 21.7 Å². The fourth-order valence-corrected chi connectivity index (χ4v) is 1.91. The summed E-state index contributed by atoms with van der Waals surface area (Å²) in [5, 5.41) is 13.7. The molecule has 0 aliphatic heterocycles. The van der Waals surface area contributed by atoms with Crippen LogP contribution in [-0.2, 0) is 6.54 Å². The van der Waals surface area contributed by atoms with E-state index in [1.54, 1.807) is 12.1 Å². The van der Waals surface area contributed by atoms with Crippen molar-refractivity contribution in [2.75, 3.05) is 0 Å². The van der Waals surface area contributed by atoms with Crippen LogP contribution in [0.5, 0.6) is 0 Å². The molecule has 0 amide bonds. The van der Waals surface area contributed by atoms with Gasteiger partial charge in [-0.1, -0.05) is 18.2 Å². The monoisotopic (exact) mass is 292 g/mol. The van der Waals surface area contributed by atoms with Crippen LogP contribution in [-0.4, -0.2) is 4.92 Å². The smallest absolute Gasteiger partial charge is 0.269 e. The highest BCUT2D eigenvalue weighted by Gasteiger charge is 2.09. The zero-order chi connectivity index (χ0) is 15.4. The molecule has 0 aliphatic rings. The van der Waals surface area contributed by atoms with Crippen molar-refractivity contribution in [1.82, 2.24) is 5.32 Å². The SMILES string of the molecule is CC(NCc1ccc([N+](=O)[O-])cc1)c1ccc(F)c(F)c1. The van der Waals surface area contributed by atoms with Gasteiger partial charge in [-0.05, 0) is 30.2 Å². The lowest BCUT2D eigenvalue weighted by Gasteiger charge is -2.14. The predicted molar refractivity (Wildman–Crippen MR) is 74.7 cm³/mol. The minimum Gasteiger partial charge on any atom is -0.306 e. The van der Waals surface area contributed by atoms with E-state index < -0.39 is 16.6 Å². The highest BCUT2D eigenvalue weighted by Crippen LogP contribution is 2.17. The number of nitrogens with one attached hydrogen (secondary N) is 1. The molecule has 0 heterocycles. The number of hydrogen-bond acceptors (Lipinski definition) is 3. The number of non-ortho nitro benzene ring substituents is 1. The molecule has 0 fully saturated rings. The molecule has 2 rings (SSSR count). The maximum atomic E-state index is 13.2. The Morgan fingerprint density at radius 3 is 2.38 bits per heavy atom. The lowest BCUT2D eigenvalue weighted by Crippen LogP contribution is -2.18. The number of halogens is 2. The van der Waals surface area contributed by atoms with Gasteiger partial charge < -0.3 is 5.32 Å². The topological polar surface area (TPSA) is 55.2 Å². The Labute approximate surface area is 120 Å². The summed E-state index contributed by atoms with van der Waals surface area (Å²) in [6, 6.07) is 9.77. The Balaban J connectivity index is 1.98. The zero-order valence-electron chi connectivity index (χ0n) is 11.3. The fraction of sp³-hybridized carbons (Fsp3) is 0.200. The van der Waals surface area contributed by atoms with E-state index in [0.29, 0.717) is 12.1 Å². The summed E-state index contributed by atoms with van der Waals surface area (Å²) in [5.74, 6) is -1.75. The van der Waals surface area contributed by atoms with Crippen molar-refractivity contribution in [3.8, 4) is 0 Å². The molecule has 0 saturated heterocycles. The average Bonchev–Trinajstić information content (AvgIpc) is 2.48. The molecule has 21 heavy (non-hydrogen) atoms. The minimum absolute atomic E-state index is 0.0346. The molecule has 2 aromatic carbocycles. The predicted octanol–water partition coefficient (Wildman–Crippen LogP) is 3.72. The molecule has 1 unspecified atom stereocenters. The molecule has 1 N–H and O–H groups in total. The number of benzene rings is 2. The molecule has 6 heteroatoms. The summed E-state index contributed by atoms with van der Waals surface area (Å²) in [5.41, 5.74) is 1.54. The first-order chi connectivity index (χ1) is 9.97. The van der Waals surface area contributed by atoms with Crippen LogP contribution in [0.3, 0.4) is 0 Å². The Morgan fingerprint density at radius 1 is 1.14 bits per heavy atom. The van der Waals surface area contributed by atoms with Crippen molar-refractivity contribution in [2.45, 2.75) is 19.5 Å². The van der Waals surface area contributed by atoms with E-state index in [1.807, 2.05) is 6.92 Å². The second kappa shape index (κ2) is 6.41. The van der Waals surface area contributed by atoms with Gasteiger partial charge in [0.05, 0.1) is 4.92 Å². The van der Waals surface area contributed by atoms with Gasteiger partial charge in [0.1, 0.15) is 0 Å². The number of nitro benzene ring substituents is 1. The van der Waals surface area contributed by atoms with Crippen molar-refractivity contribution >= 4 is 5.69 Å². The lowest BCUT2D eigenvalue weighted by molar-refractivity contribution is -0.384. The van der Waals surface area contributed by atoms with Gasteiger partial charge in [-0.3, -0.25) is 10.1 Å². The summed E-state index contributed by atoms with van der Waals surface area (Å²) in [7, 11) is 0. The summed E-state index contributed by atoms with van der Waals surface area (Å²) in [4.78, 5) is 10.1. The van der Waals surface area contributed by atoms with E-state index in [-0.39, 0.29) is 11.7 Å². The van der Waals surface area contributed by atoms with E-state index in [0.717, 1.165) is 17.7 Å². The van der Waals surface area contributed by atoms with E-state index in [9.17, 15) is 18.9 Å². The van der Waals surface area contributed by atoms with Crippen LogP contribution in [0.2, 0.25) is 0 Å². The van der Waals surface area contributed by atoms with Crippen LogP contribution in [0.25, 0.3) is 0 Å². The van der Waals surface area contributed by atoms with Gasteiger partial charge in [-0.25, -0.2) is 8.78 Å². The Morgan fingerprint density at radius 2 is 1.81 bits per heavy atom. The molecular weight excluding hydrogens is 278 g/mol. The maximum absolute atomic E-state index is 13.2. The lowest BCUT2D eigenvalue weighted by atomic mass is 10.1. The molecule has 110 valence electrons. The summed E-state index contributed by atoms with van der Waals surface area (Å²) in [6.07, 6.45) is 0. The van der Waals surface area contributed by atoms with Gasteiger partial charge in [0.15, 0.2) is 11.6 Å². The third kappa shape index (κ3) is 3.82. The van der Waals surface area contributed by atoms with Gasteiger partial charge in [0.2, 0.25) is 0 Å². The third-order valence-electron chi connectivity index (χ3n) is 3.20. The molecule has 1 atom stereocenters. The number of nitrogens with zero attached hydrogens (tertiary/aromatic N) is 1. The molecule has 2 aromatic rings. The van der Waals surface area contributed by atoms with Crippen molar-refractivity contribution < 1.29 is 13.7 Å². The van der Waals surface area contributed by atoms with E-state index in [1.165, 1.54) is 18.2 Å². The van der Waals surface area contributed by atoms with Gasteiger partial charge in [0.25, 0.3) is 5.69 Å². The summed E-state index contributed by atoms with van der Waals surface area (Å²) >= 11 is 0. The first kappa shape index (κ1) is 15.1. The molecule has 0 spiro atoms. The van der Waals surface area contributed by atoms with Gasteiger partial charge >= 0.3 is 0 Å². The number of hydrogen-bond donors (Lipinski definition) is 1. The van der Waals surface area contributed by atoms with Crippen LogP contribution in [0.1, 0.15) is 24.1 Å². The van der Waals surface area contributed by atoms with Crippen LogP contribution in [0.15, 0.2) is 42.5 Å². The molecule has 0 saturated carbocycles. The third-order valence-corrected chi connectivity index (χ3v) is 3.20. The van der Waals surface area contributed by atoms with E-state index in [2.05, 4.69) is 5.32 Å². The fourth-order valence-electron chi connectivity index (χ4n) is 1.91. The second-order valence-corrected chi connectivity index (χ2v) is 4.70. The van der Waals surface area contributed by atoms with Crippen LogP contribution in [0.4, 0.5) is 14.5 Å². The Kier molecular flexibility index (Phi) is 4.59. The summed E-state index contributed by atoms with van der Waals surface area (Å²) in [6.45, 7) is 2.30. The van der Waals surface area contributed by atoms with Crippen LogP contribution < -0.4 is 5.32 Å². The van der Waals surface area contributed by atoms with Crippen molar-refractivity contribution in [1.29, 1.82) is 0 Å². The van der Waals surface area contributed by atoms with E-state index in [4.69, 9.17) is 0 Å². The molecule has 0 bridgehead atoms. The largest absolute Gasteiger partial charge is 0.306 e. The summed E-state index contributed by atoms with van der Waals surface area (Å²) < 4.78 is 26.0. The van der Waals surface area contributed by atoms with Gasteiger partial charge in [0, 0.05) is 24.7 Å². The molecule has 4 nitrogen and oxygen atoms in total. The molecule has 0 aliphatic carbocycles. The Hall–Kier alpha value is -2.34. The highest BCUT2D eigenvalue weighted by atomic mass is 19.2.